The number of hydrogen-bond donors (Lipinski definition) is 1. The maximum absolute atomic E-state index is 12.4. The zero-order valence-corrected chi connectivity index (χ0v) is 16.2. The van der Waals surface area contributed by atoms with Gasteiger partial charge in [-0.25, -0.2) is 4.98 Å². The van der Waals surface area contributed by atoms with Crippen molar-refractivity contribution in [3.63, 3.8) is 0 Å². The van der Waals surface area contributed by atoms with Crippen LogP contribution in [0, 0.1) is 6.92 Å². The Hall–Kier alpha value is -2.79. The molecule has 5 nitrogen and oxygen atoms in total. The molecule has 0 bridgehead atoms. The molecule has 3 rings (SSSR count). The van der Waals surface area contributed by atoms with E-state index in [4.69, 9.17) is 16.3 Å². The number of amides is 1. The molecule has 1 heterocycles. The molecule has 6 heteroatoms. The lowest BCUT2D eigenvalue weighted by molar-refractivity contribution is 0.0953. The summed E-state index contributed by atoms with van der Waals surface area (Å²) in [6.07, 6.45) is 5.34. The van der Waals surface area contributed by atoms with Gasteiger partial charge >= 0.3 is 0 Å². The highest BCUT2D eigenvalue weighted by Crippen LogP contribution is 2.24. The zero-order chi connectivity index (χ0) is 19.2. The Balaban J connectivity index is 1.59. The predicted molar refractivity (Wildman–Crippen MR) is 107 cm³/mol. The minimum absolute atomic E-state index is 0.118. The maximum atomic E-state index is 12.4. The van der Waals surface area contributed by atoms with Crippen molar-refractivity contribution < 1.29 is 9.53 Å². The van der Waals surface area contributed by atoms with Crippen molar-refractivity contribution in [3.05, 3.63) is 76.8 Å². The van der Waals surface area contributed by atoms with Crippen LogP contribution in [0.2, 0.25) is 5.02 Å². The van der Waals surface area contributed by atoms with E-state index in [1.165, 1.54) is 5.56 Å². The average Bonchev–Trinajstić information content (AvgIpc) is 3.10. The van der Waals surface area contributed by atoms with Crippen LogP contribution >= 0.6 is 11.6 Å². The highest BCUT2D eigenvalue weighted by molar-refractivity contribution is 6.30. The van der Waals surface area contributed by atoms with Gasteiger partial charge in [0.05, 0.1) is 24.8 Å². The van der Waals surface area contributed by atoms with Gasteiger partial charge in [-0.15, -0.1) is 0 Å². The van der Waals surface area contributed by atoms with Crippen LogP contribution in [0.4, 0.5) is 0 Å². The lowest BCUT2D eigenvalue weighted by Gasteiger charge is -2.11. The number of imidazole rings is 1. The van der Waals surface area contributed by atoms with E-state index in [0.29, 0.717) is 17.9 Å². The van der Waals surface area contributed by atoms with Gasteiger partial charge in [-0.05, 0) is 55.7 Å². The smallest absolute Gasteiger partial charge is 0.251 e. The third-order valence-corrected chi connectivity index (χ3v) is 4.48. The summed E-state index contributed by atoms with van der Waals surface area (Å²) < 4.78 is 7.33. The number of aromatic nitrogens is 2. The number of nitrogens with one attached hydrogen (secondary N) is 1. The first-order chi connectivity index (χ1) is 13.1. The summed E-state index contributed by atoms with van der Waals surface area (Å²) in [5.74, 6) is 0.506. The molecule has 140 valence electrons. The van der Waals surface area contributed by atoms with Crippen LogP contribution in [-0.2, 0) is 6.42 Å². The van der Waals surface area contributed by atoms with E-state index in [1.807, 2.05) is 48.0 Å². The number of nitrogens with zero attached hydrogens (tertiary/aromatic N) is 2. The fraction of sp³-hybridized carbons (Fsp3) is 0.238. The molecule has 1 amide bonds. The summed E-state index contributed by atoms with van der Waals surface area (Å²) in [7, 11) is 1.59. The summed E-state index contributed by atoms with van der Waals surface area (Å²) >= 11 is 5.99. The quantitative estimate of drug-likeness (QED) is 0.622. The van der Waals surface area contributed by atoms with Crippen LogP contribution in [0.5, 0.6) is 5.75 Å². The molecule has 0 aliphatic carbocycles. The van der Waals surface area contributed by atoms with Gasteiger partial charge in [0.2, 0.25) is 0 Å². The topological polar surface area (TPSA) is 56.1 Å². The Morgan fingerprint density at radius 1 is 1.26 bits per heavy atom. The van der Waals surface area contributed by atoms with Crippen molar-refractivity contribution in [2.24, 2.45) is 0 Å². The normalized spacial score (nSPS) is 10.6. The standard InChI is InChI=1S/C21H22ClN3O2/c1-15-13-25(14-24-15)19-9-8-17(12-20(19)27-2)21(26)23-10-4-6-16-5-3-7-18(22)11-16/h3,5,7-9,11-14H,4,6,10H2,1-2H3,(H,23,26). The van der Waals surface area contributed by atoms with Crippen molar-refractivity contribution in [2.75, 3.05) is 13.7 Å². The highest BCUT2D eigenvalue weighted by Gasteiger charge is 2.11. The molecule has 0 fully saturated rings. The van der Waals surface area contributed by atoms with E-state index >= 15 is 0 Å². The number of rotatable bonds is 7. The first kappa shape index (κ1) is 19.0. The van der Waals surface area contributed by atoms with Crippen molar-refractivity contribution in [1.29, 1.82) is 0 Å². The van der Waals surface area contributed by atoms with Gasteiger partial charge < -0.3 is 14.6 Å². The Labute approximate surface area is 164 Å². The van der Waals surface area contributed by atoms with E-state index in [9.17, 15) is 4.79 Å². The number of carbonyl (C=O) groups is 1. The molecule has 0 saturated carbocycles. The predicted octanol–water partition coefficient (Wildman–Crippen LogP) is 4.21. The number of ether oxygens (including phenoxy) is 1. The molecular weight excluding hydrogens is 362 g/mol. The number of aryl methyl sites for hydroxylation is 2. The monoisotopic (exact) mass is 383 g/mol. The van der Waals surface area contributed by atoms with Crippen LogP contribution in [0.3, 0.4) is 0 Å². The second kappa shape index (κ2) is 8.73. The Morgan fingerprint density at radius 3 is 2.81 bits per heavy atom. The molecule has 0 unspecified atom stereocenters. The summed E-state index contributed by atoms with van der Waals surface area (Å²) in [6.45, 7) is 2.52. The van der Waals surface area contributed by atoms with Crippen LogP contribution in [-0.4, -0.2) is 29.1 Å². The SMILES string of the molecule is COc1cc(C(=O)NCCCc2cccc(Cl)c2)ccc1-n1cnc(C)c1. The fourth-order valence-corrected chi connectivity index (χ4v) is 3.09. The van der Waals surface area contributed by atoms with Gasteiger partial charge in [0, 0.05) is 23.3 Å². The molecule has 0 atom stereocenters. The van der Waals surface area contributed by atoms with Crippen molar-refractivity contribution in [1.82, 2.24) is 14.9 Å². The molecule has 2 aromatic carbocycles. The zero-order valence-electron chi connectivity index (χ0n) is 15.4. The Bertz CT molecular complexity index is 937. The molecular formula is C21H22ClN3O2. The molecule has 0 aliphatic heterocycles. The number of hydrogen-bond acceptors (Lipinski definition) is 3. The first-order valence-corrected chi connectivity index (χ1v) is 9.16. The van der Waals surface area contributed by atoms with Gasteiger partial charge in [-0.3, -0.25) is 4.79 Å². The van der Waals surface area contributed by atoms with E-state index < -0.39 is 0 Å². The van der Waals surface area contributed by atoms with Crippen molar-refractivity contribution in [2.45, 2.75) is 19.8 Å². The van der Waals surface area contributed by atoms with E-state index in [-0.39, 0.29) is 5.91 Å². The van der Waals surface area contributed by atoms with Crippen molar-refractivity contribution in [3.8, 4) is 11.4 Å². The second-order valence-electron chi connectivity index (χ2n) is 6.30. The van der Waals surface area contributed by atoms with E-state index in [2.05, 4.69) is 10.3 Å². The molecule has 1 aromatic heterocycles. The second-order valence-corrected chi connectivity index (χ2v) is 6.73. The number of benzene rings is 2. The summed E-state index contributed by atoms with van der Waals surface area (Å²) in [5.41, 5.74) is 3.49. The largest absolute Gasteiger partial charge is 0.495 e. The van der Waals surface area contributed by atoms with Gasteiger partial charge in [-0.1, -0.05) is 23.7 Å². The van der Waals surface area contributed by atoms with Gasteiger partial charge in [0.15, 0.2) is 0 Å². The Kier molecular flexibility index (Phi) is 6.14. The van der Waals surface area contributed by atoms with Crippen LogP contribution in [0.1, 0.15) is 28.0 Å². The minimum Gasteiger partial charge on any atom is -0.495 e. The summed E-state index contributed by atoms with van der Waals surface area (Å²) in [4.78, 5) is 16.6. The molecule has 0 aliphatic rings. The van der Waals surface area contributed by atoms with Gasteiger partial charge in [0.25, 0.3) is 5.91 Å². The maximum Gasteiger partial charge on any atom is 0.251 e. The number of carbonyl (C=O) groups excluding carboxylic acids is 1. The van der Waals surface area contributed by atoms with E-state index in [0.717, 1.165) is 29.2 Å². The van der Waals surface area contributed by atoms with Crippen LogP contribution in [0.15, 0.2) is 55.0 Å². The van der Waals surface area contributed by atoms with Gasteiger partial charge in [0.1, 0.15) is 5.75 Å². The first-order valence-electron chi connectivity index (χ1n) is 8.78. The third-order valence-electron chi connectivity index (χ3n) is 4.25. The van der Waals surface area contributed by atoms with Gasteiger partial charge in [-0.2, -0.15) is 0 Å². The highest BCUT2D eigenvalue weighted by atomic mass is 35.5. The molecule has 27 heavy (non-hydrogen) atoms. The number of halogens is 1. The van der Waals surface area contributed by atoms with Crippen LogP contribution < -0.4 is 10.1 Å². The molecule has 0 saturated heterocycles. The van der Waals surface area contributed by atoms with Crippen molar-refractivity contribution >= 4 is 17.5 Å². The summed E-state index contributed by atoms with van der Waals surface area (Å²) in [6, 6.07) is 13.2. The molecule has 1 N–H and O–H groups in total. The minimum atomic E-state index is -0.118. The lowest BCUT2D eigenvalue weighted by atomic mass is 10.1. The third kappa shape index (κ3) is 4.89. The Morgan fingerprint density at radius 2 is 2.11 bits per heavy atom. The average molecular weight is 384 g/mol. The summed E-state index contributed by atoms with van der Waals surface area (Å²) in [5, 5.41) is 3.69. The van der Waals surface area contributed by atoms with Crippen LogP contribution in [0.25, 0.3) is 5.69 Å². The number of methoxy groups -OCH3 is 1. The van der Waals surface area contributed by atoms with E-state index in [1.54, 1.807) is 25.6 Å². The molecule has 3 aromatic rings. The lowest BCUT2D eigenvalue weighted by Crippen LogP contribution is -2.24. The molecule has 0 spiro atoms. The molecule has 0 radical (unpaired) electrons. The fourth-order valence-electron chi connectivity index (χ4n) is 2.87.